The lowest BCUT2D eigenvalue weighted by atomic mass is 9.82. The Morgan fingerprint density at radius 2 is 1.31 bits per heavy atom. The van der Waals surface area contributed by atoms with Crippen molar-refractivity contribution in [2.75, 3.05) is 0 Å². The number of hydrogen-bond donors (Lipinski definition) is 2. The summed E-state index contributed by atoms with van der Waals surface area (Å²) in [5.74, 6) is -1.78. The Hall–Kier alpha value is -1.06. The van der Waals surface area contributed by atoms with Crippen molar-refractivity contribution in [3.63, 3.8) is 0 Å². The molecule has 4 nitrogen and oxygen atoms in total. The van der Waals surface area contributed by atoms with Crippen molar-refractivity contribution in [2.24, 2.45) is 10.8 Å². The molecule has 1 saturated carbocycles. The van der Waals surface area contributed by atoms with Crippen molar-refractivity contribution in [2.45, 2.75) is 33.1 Å². The summed E-state index contributed by atoms with van der Waals surface area (Å²) in [6.07, 6.45) is 1.13. The first-order valence-electron chi connectivity index (χ1n) is 4.27. The summed E-state index contributed by atoms with van der Waals surface area (Å²) in [4.78, 5) is 21.7. The molecule has 0 aromatic heterocycles. The van der Waals surface area contributed by atoms with E-state index < -0.39 is 22.8 Å². The highest BCUT2D eigenvalue weighted by molar-refractivity contribution is 5.80. The van der Waals surface area contributed by atoms with Crippen molar-refractivity contribution >= 4 is 11.9 Å². The first-order chi connectivity index (χ1) is 5.80. The lowest BCUT2D eigenvalue weighted by Gasteiger charge is -2.21. The normalized spacial score (nSPS) is 38.9. The van der Waals surface area contributed by atoms with E-state index in [-0.39, 0.29) is 6.42 Å². The molecule has 0 spiro atoms. The zero-order valence-electron chi connectivity index (χ0n) is 7.83. The van der Waals surface area contributed by atoms with Gasteiger partial charge in [0.25, 0.3) is 0 Å². The second kappa shape index (κ2) is 2.72. The van der Waals surface area contributed by atoms with Gasteiger partial charge in [-0.1, -0.05) is 0 Å². The Labute approximate surface area is 76.6 Å². The third-order valence-electron chi connectivity index (χ3n) is 3.04. The molecular formula is C9H14O4. The van der Waals surface area contributed by atoms with E-state index in [2.05, 4.69) is 0 Å². The molecule has 1 aliphatic rings. The molecule has 13 heavy (non-hydrogen) atoms. The summed E-state index contributed by atoms with van der Waals surface area (Å²) in [6, 6.07) is 0. The van der Waals surface area contributed by atoms with Gasteiger partial charge in [0, 0.05) is 0 Å². The lowest BCUT2D eigenvalue weighted by molar-refractivity contribution is -0.151. The van der Waals surface area contributed by atoms with Crippen molar-refractivity contribution in [3.8, 4) is 0 Å². The van der Waals surface area contributed by atoms with Crippen molar-refractivity contribution in [3.05, 3.63) is 0 Å². The Bertz CT molecular complexity index is 234. The maximum atomic E-state index is 10.8. The zero-order chi connectivity index (χ0) is 10.3. The van der Waals surface area contributed by atoms with Crippen LogP contribution in [0.2, 0.25) is 0 Å². The molecule has 0 amide bonds. The highest BCUT2D eigenvalue weighted by Crippen LogP contribution is 2.49. The van der Waals surface area contributed by atoms with Gasteiger partial charge in [-0.3, -0.25) is 9.59 Å². The van der Waals surface area contributed by atoms with Gasteiger partial charge in [-0.15, -0.1) is 0 Å². The van der Waals surface area contributed by atoms with Gasteiger partial charge in [0.15, 0.2) is 0 Å². The predicted molar refractivity (Wildman–Crippen MR) is 45.3 cm³/mol. The van der Waals surface area contributed by atoms with Crippen molar-refractivity contribution in [1.29, 1.82) is 0 Å². The first-order valence-corrected chi connectivity index (χ1v) is 4.27. The molecule has 0 saturated heterocycles. The fourth-order valence-electron chi connectivity index (χ4n) is 1.95. The number of aliphatic carboxylic acids is 2. The Morgan fingerprint density at radius 3 is 1.46 bits per heavy atom. The highest BCUT2D eigenvalue weighted by Gasteiger charge is 2.51. The molecule has 1 aliphatic carbocycles. The second-order valence-corrected chi connectivity index (χ2v) is 4.41. The number of rotatable bonds is 2. The molecule has 0 aromatic rings. The molecule has 74 valence electrons. The molecule has 2 N–H and O–H groups in total. The average Bonchev–Trinajstić information content (AvgIpc) is 2.30. The third kappa shape index (κ3) is 1.53. The first kappa shape index (κ1) is 10.0. The minimum absolute atomic E-state index is 0.227. The van der Waals surface area contributed by atoms with Gasteiger partial charge in [-0.2, -0.15) is 0 Å². The molecule has 0 aromatic carbocycles. The molecule has 0 aliphatic heterocycles. The average molecular weight is 186 g/mol. The van der Waals surface area contributed by atoms with Crippen LogP contribution in [0.4, 0.5) is 0 Å². The van der Waals surface area contributed by atoms with Crippen LogP contribution in [0.25, 0.3) is 0 Å². The van der Waals surface area contributed by atoms with Gasteiger partial charge >= 0.3 is 11.9 Å². The van der Waals surface area contributed by atoms with E-state index in [0.717, 1.165) is 0 Å². The molecule has 0 radical (unpaired) electrons. The minimum Gasteiger partial charge on any atom is -0.481 e. The molecule has 1 rings (SSSR count). The van der Waals surface area contributed by atoms with Crippen LogP contribution in [0, 0.1) is 10.8 Å². The fraction of sp³-hybridized carbons (Fsp3) is 0.778. The minimum atomic E-state index is -0.891. The van der Waals surface area contributed by atoms with E-state index in [1.54, 1.807) is 13.8 Å². The van der Waals surface area contributed by atoms with Gasteiger partial charge in [-0.25, -0.2) is 0 Å². The van der Waals surface area contributed by atoms with E-state index in [1.807, 2.05) is 0 Å². The van der Waals surface area contributed by atoms with Gasteiger partial charge < -0.3 is 10.2 Å². The summed E-state index contributed by atoms with van der Waals surface area (Å²) >= 11 is 0. The van der Waals surface area contributed by atoms with Crippen molar-refractivity contribution < 1.29 is 19.8 Å². The number of carboxylic acid groups (broad SMARTS) is 2. The van der Waals surface area contributed by atoms with Crippen LogP contribution in [0.15, 0.2) is 0 Å². The van der Waals surface area contributed by atoms with Crippen LogP contribution in [0.5, 0.6) is 0 Å². The molecule has 1 fully saturated rings. The number of hydrogen-bond acceptors (Lipinski definition) is 2. The fourth-order valence-corrected chi connectivity index (χ4v) is 1.95. The van der Waals surface area contributed by atoms with E-state index in [1.165, 1.54) is 0 Å². The Kier molecular flexibility index (Phi) is 2.10. The number of carbonyl (C=O) groups is 2. The molecule has 0 bridgehead atoms. The molecular weight excluding hydrogens is 172 g/mol. The summed E-state index contributed by atoms with van der Waals surface area (Å²) in [6.45, 7) is 3.23. The Morgan fingerprint density at radius 1 is 1.00 bits per heavy atom. The largest absolute Gasteiger partial charge is 0.481 e. The molecule has 4 heteroatoms. The third-order valence-corrected chi connectivity index (χ3v) is 3.04. The van der Waals surface area contributed by atoms with Gasteiger partial charge in [-0.05, 0) is 33.1 Å². The summed E-state index contributed by atoms with van der Waals surface area (Å²) in [7, 11) is 0. The predicted octanol–water partition coefficient (Wildman–Crippen LogP) is 1.35. The number of carboxylic acids is 2. The standard InChI is InChI=1S/C9H14O4/c1-8(6(10)11)3-4-9(2,5-8)7(12)13/h3-5H2,1-2H3,(H,10,11)(H,12,13)/t8-,9-/m0/s1. The van der Waals surface area contributed by atoms with E-state index >= 15 is 0 Å². The van der Waals surface area contributed by atoms with Crippen LogP contribution < -0.4 is 0 Å². The quantitative estimate of drug-likeness (QED) is 0.682. The molecule has 2 atom stereocenters. The van der Waals surface area contributed by atoms with Crippen LogP contribution in [-0.2, 0) is 9.59 Å². The molecule has 0 heterocycles. The highest BCUT2D eigenvalue weighted by atomic mass is 16.4. The maximum Gasteiger partial charge on any atom is 0.309 e. The second-order valence-electron chi connectivity index (χ2n) is 4.41. The van der Waals surface area contributed by atoms with Crippen LogP contribution in [-0.4, -0.2) is 22.2 Å². The molecule has 0 unspecified atom stereocenters. The van der Waals surface area contributed by atoms with E-state index in [0.29, 0.717) is 12.8 Å². The lowest BCUT2D eigenvalue weighted by Crippen LogP contribution is -2.30. The van der Waals surface area contributed by atoms with Gasteiger partial charge in [0.05, 0.1) is 10.8 Å². The summed E-state index contributed by atoms with van der Waals surface area (Å²) in [5, 5.41) is 17.8. The van der Waals surface area contributed by atoms with Crippen molar-refractivity contribution in [1.82, 2.24) is 0 Å². The SMILES string of the molecule is C[C@]1(C(=O)O)CC[C@](C)(C(=O)O)C1. The summed E-state index contributed by atoms with van der Waals surface area (Å²) in [5.41, 5.74) is -1.71. The maximum absolute atomic E-state index is 10.8. The van der Waals surface area contributed by atoms with E-state index in [9.17, 15) is 9.59 Å². The summed E-state index contributed by atoms with van der Waals surface area (Å²) < 4.78 is 0. The Balaban J connectivity index is 2.85. The van der Waals surface area contributed by atoms with Crippen LogP contribution in [0.1, 0.15) is 33.1 Å². The smallest absolute Gasteiger partial charge is 0.309 e. The van der Waals surface area contributed by atoms with Gasteiger partial charge in [0.1, 0.15) is 0 Å². The monoisotopic (exact) mass is 186 g/mol. The van der Waals surface area contributed by atoms with Gasteiger partial charge in [0.2, 0.25) is 0 Å². The van der Waals surface area contributed by atoms with Crippen LogP contribution in [0.3, 0.4) is 0 Å². The zero-order valence-corrected chi connectivity index (χ0v) is 7.83. The van der Waals surface area contributed by atoms with Crippen LogP contribution >= 0.6 is 0 Å². The topological polar surface area (TPSA) is 74.6 Å². The van der Waals surface area contributed by atoms with E-state index in [4.69, 9.17) is 10.2 Å².